The largest absolute Gasteiger partial charge is 0.364 e. The van der Waals surface area contributed by atoms with Gasteiger partial charge >= 0.3 is 5.69 Å². The van der Waals surface area contributed by atoms with Gasteiger partial charge < -0.3 is 10.2 Å². The maximum atomic E-state index is 11.3. The van der Waals surface area contributed by atoms with Crippen LogP contribution in [0.1, 0.15) is 20.3 Å². The molecule has 0 amide bonds. The number of anilines is 2. The van der Waals surface area contributed by atoms with Crippen molar-refractivity contribution in [2.75, 3.05) is 30.4 Å². The fourth-order valence-corrected chi connectivity index (χ4v) is 1.73. The number of nitrogens with one attached hydrogen (secondary N) is 1. The Bertz CT molecular complexity index is 513. The van der Waals surface area contributed by atoms with Crippen LogP contribution >= 0.6 is 0 Å². The molecule has 0 fully saturated rings. The molecule has 1 rings (SSSR count). The van der Waals surface area contributed by atoms with Gasteiger partial charge in [0.2, 0.25) is 11.6 Å². The van der Waals surface area contributed by atoms with E-state index in [4.69, 9.17) is 5.26 Å². The minimum atomic E-state index is -0.499. The van der Waals surface area contributed by atoms with Crippen LogP contribution in [-0.4, -0.2) is 35.0 Å². The van der Waals surface area contributed by atoms with Gasteiger partial charge in [-0.15, -0.1) is 0 Å². The molecule has 0 aliphatic rings. The van der Waals surface area contributed by atoms with Crippen molar-refractivity contribution in [3.8, 4) is 6.07 Å². The molecule has 1 heterocycles. The Kier molecular flexibility index (Phi) is 5.65. The third kappa shape index (κ3) is 3.78. The summed E-state index contributed by atoms with van der Waals surface area (Å²) in [5.74, 6) is 0.172. The molecule has 0 radical (unpaired) electrons. The second-order valence-electron chi connectivity index (χ2n) is 4.49. The third-order valence-corrected chi connectivity index (χ3v) is 2.66. The van der Waals surface area contributed by atoms with Crippen molar-refractivity contribution in [3.05, 3.63) is 16.4 Å². The van der Waals surface area contributed by atoms with Crippen molar-refractivity contribution in [2.24, 2.45) is 5.92 Å². The van der Waals surface area contributed by atoms with Crippen LogP contribution in [0.4, 0.5) is 17.3 Å². The van der Waals surface area contributed by atoms with Gasteiger partial charge in [0.25, 0.3) is 0 Å². The molecule has 0 bridgehead atoms. The van der Waals surface area contributed by atoms with Gasteiger partial charge in [0.1, 0.15) is 6.33 Å². The van der Waals surface area contributed by atoms with E-state index < -0.39 is 4.92 Å². The molecule has 1 N–H and O–H groups in total. The number of aromatic nitrogens is 2. The molecule has 20 heavy (non-hydrogen) atoms. The molecule has 1 aromatic heterocycles. The third-order valence-electron chi connectivity index (χ3n) is 2.66. The van der Waals surface area contributed by atoms with E-state index in [0.717, 1.165) is 6.42 Å². The van der Waals surface area contributed by atoms with Gasteiger partial charge in [0.05, 0.1) is 16.9 Å². The highest BCUT2D eigenvalue weighted by molar-refractivity contribution is 5.70. The average molecular weight is 278 g/mol. The van der Waals surface area contributed by atoms with Crippen LogP contribution in [0.2, 0.25) is 0 Å². The molecule has 1 unspecified atom stereocenters. The number of rotatable bonds is 7. The van der Waals surface area contributed by atoms with Crippen LogP contribution in [0, 0.1) is 27.4 Å². The minimum absolute atomic E-state index is 0.159. The fraction of sp³-hybridized carbons (Fsp3) is 0.583. The molecule has 1 atom stereocenters. The normalized spacial score (nSPS) is 11.5. The standard InChI is InChI=1S/C12H18N6O2/c1-4-5-14-11-10(18(19)20)12(16-8-15-11)17(3)7-9(2)6-13/h8-9H,4-5,7H2,1-3H3,(H,14,15,16). The van der Waals surface area contributed by atoms with E-state index in [-0.39, 0.29) is 23.2 Å². The number of nitrogens with zero attached hydrogens (tertiary/aromatic N) is 5. The van der Waals surface area contributed by atoms with Gasteiger partial charge in [0.15, 0.2) is 0 Å². The van der Waals surface area contributed by atoms with E-state index in [0.29, 0.717) is 13.1 Å². The van der Waals surface area contributed by atoms with Crippen LogP contribution in [0.25, 0.3) is 0 Å². The summed E-state index contributed by atoms with van der Waals surface area (Å²) in [4.78, 5) is 20.3. The Morgan fingerprint density at radius 1 is 1.60 bits per heavy atom. The molecule has 0 aliphatic heterocycles. The van der Waals surface area contributed by atoms with E-state index >= 15 is 0 Å². The maximum absolute atomic E-state index is 11.3. The van der Waals surface area contributed by atoms with Crippen LogP contribution in [0.5, 0.6) is 0 Å². The van der Waals surface area contributed by atoms with E-state index in [1.54, 1.807) is 18.9 Å². The minimum Gasteiger partial charge on any atom is -0.364 e. The number of nitriles is 1. The van der Waals surface area contributed by atoms with Crippen LogP contribution in [0.3, 0.4) is 0 Å². The highest BCUT2D eigenvalue weighted by atomic mass is 16.6. The molecule has 0 saturated heterocycles. The van der Waals surface area contributed by atoms with Gasteiger partial charge in [-0.25, -0.2) is 9.97 Å². The van der Waals surface area contributed by atoms with Crippen molar-refractivity contribution in [3.63, 3.8) is 0 Å². The lowest BCUT2D eigenvalue weighted by molar-refractivity contribution is -0.383. The first-order valence-corrected chi connectivity index (χ1v) is 6.35. The Labute approximate surface area is 117 Å². The van der Waals surface area contributed by atoms with Crippen molar-refractivity contribution < 1.29 is 4.92 Å². The molecule has 8 heteroatoms. The summed E-state index contributed by atoms with van der Waals surface area (Å²) in [7, 11) is 1.67. The molecule has 0 aliphatic carbocycles. The molecule has 1 aromatic rings. The van der Waals surface area contributed by atoms with Crippen LogP contribution in [0.15, 0.2) is 6.33 Å². The Morgan fingerprint density at radius 3 is 2.85 bits per heavy atom. The van der Waals surface area contributed by atoms with E-state index in [2.05, 4.69) is 21.4 Å². The Morgan fingerprint density at radius 2 is 2.30 bits per heavy atom. The van der Waals surface area contributed by atoms with E-state index in [1.165, 1.54) is 6.33 Å². The maximum Gasteiger partial charge on any atom is 0.353 e. The van der Waals surface area contributed by atoms with Gasteiger partial charge in [-0.3, -0.25) is 10.1 Å². The van der Waals surface area contributed by atoms with Crippen LogP contribution < -0.4 is 10.2 Å². The van der Waals surface area contributed by atoms with Gasteiger partial charge in [-0.1, -0.05) is 6.92 Å². The topological polar surface area (TPSA) is 108 Å². The number of hydrogen-bond acceptors (Lipinski definition) is 7. The van der Waals surface area contributed by atoms with Gasteiger partial charge in [-0.05, 0) is 13.3 Å². The van der Waals surface area contributed by atoms with Gasteiger partial charge in [-0.2, -0.15) is 5.26 Å². The summed E-state index contributed by atoms with van der Waals surface area (Å²) in [6, 6.07) is 2.09. The van der Waals surface area contributed by atoms with E-state index in [9.17, 15) is 10.1 Å². The summed E-state index contributed by atoms with van der Waals surface area (Å²) < 4.78 is 0. The number of nitro groups is 1. The lowest BCUT2D eigenvalue weighted by Crippen LogP contribution is -2.25. The highest BCUT2D eigenvalue weighted by Gasteiger charge is 2.25. The first-order chi connectivity index (χ1) is 9.51. The van der Waals surface area contributed by atoms with Gasteiger partial charge in [0, 0.05) is 20.1 Å². The predicted octanol–water partition coefficient (Wildman–Crippen LogP) is 1.80. The zero-order valence-corrected chi connectivity index (χ0v) is 11.8. The second kappa shape index (κ2) is 7.23. The Hall–Kier alpha value is -2.43. The zero-order valence-electron chi connectivity index (χ0n) is 11.8. The first-order valence-electron chi connectivity index (χ1n) is 6.35. The molecular formula is C12H18N6O2. The van der Waals surface area contributed by atoms with Crippen molar-refractivity contribution >= 4 is 17.3 Å². The van der Waals surface area contributed by atoms with Crippen molar-refractivity contribution in [1.82, 2.24) is 9.97 Å². The SMILES string of the molecule is CCCNc1ncnc(N(C)CC(C)C#N)c1[N+](=O)[O-]. The Balaban J connectivity index is 3.12. The quantitative estimate of drug-likeness (QED) is 0.598. The number of hydrogen-bond donors (Lipinski definition) is 1. The monoisotopic (exact) mass is 278 g/mol. The van der Waals surface area contributed by atoms with Crippen LogP contribution in [-0.2, 0) is 0 Å². The predicted molar refractivity (Wildman–Crippen MR) is 75.5 cm³/mol. The molecule has 0 saturated carbocycles. The second-order valence-corrected chi connectivity index (χ2v) is 4.49. The lowest BCUT2D eigenvalue weighted by atomic mass is 10.2. The summed E-state index contributed by atoms with van der Waals surface area (Å²) >= 11 is 0. The fourth-order valence-electron chi connectivity index (χ4n) is 1.73. The first kappa shape index (κ1) is 15.6. The molecule has 0 aromatic carbocycles. The highest BCUT2D eigenvalue weighted by Crippen LogP contribution is 2.31. The summed E-state index contributed by atoms with van der Waals surface area (Å²) in [5, 5.41) is 23.0. The van der Waals surface area contributed by atoms with E-state index in [1.807, 2.05) is 6.92 Å². The zero-order chi connectivity index (χ0) is 15.1. The molecule has 8 nitrogen and oxygen atoms in total. The van der Waals surface area contributed by atoms with Crippen molar-refractivity contribution in [1.29, 1.82) is 5.26 Å². The smallest absolute Gasteiger partial charge is 0.353 e. The van der Waals surface area contributed by atoms with Crippen molar-refractivity contribution in [2.45, 2.75) is 20.3 Å². The lowest BCUT2D eigenvalue weighted by Gasteiger charge is -2.19. The summed E-state index contributed by atoms with van der Waals surface area (Å²) in [6.07, 6.45) is 2.12. The molecule has 108 valence electrons. The summed E-state index contributed by atoms with van der Waals surface area (Å²) in [6.45, 7) is 4.67. The molecular weight excluding hydrogens is 260 g/mol. The average Bonchev–Trinajstić information content (AvgIpc) is 2.44. The summed E-state index contributed by atoms with van der Waals surface area (Å²) in [5.41, 5.74) is -0.159. The molecule has 0 spiro atoms.